The molecule has 0 radical (unpaired) electrons. The van der Waals surface area contributed by atoms with Gasteiger partial charge in [0.25, 0.3) is 0 Å². The van der Waals surface area contributed by atoms with E-state index in [0.29, 0.717) is 5.92 Å². The Morgan fingerprint density at radius 2 is 2.08 bits per heavy atom. The van der Waals surface area contributed by atoms with Crippen LogP contribution in [0.25, 0.3) is 0 Å². The minimum absolute atomic E-state index is 0.119. The SMILES string of the molecule is CCC1CCCC2C(=O)OC(=O)C12. The van der Waals surface area contributed by atoms with Gasteiger partial charge in [0.2, 0.25) is 0 Å². The Labute approximate surface area is 77.4 Å². The molecule has 0 aromatic heterocycles. The molecule has 2 fully saturated rings. The highest BCUT2D eigenvalue weighted by atomic mass is 16.6. The first-order valence-corrected chi connectivity index (χ1v) is 4.99. The smallest absolute Gasteiger partial charge is 0.317 e. The molecule has 13 heavy (non-hydrogen) atoms. The van der Waals surface area contributed by atoms with Crippen LogP contribution < -0.4 is 0 Å². The number of rotatable bonds is 1. The van der Waals surface area contributed by atoms with Crippen LogP contribution in [-0.4, -0.2) is 11.9 Å². The minimum Gasteiger partial charge on any atom is -0.393 e. The molecule has 0 aromatic rings. The van der Waals surface area contributed by atoms with Gasteiger partial charge in [0.1, 0.15) is 0 Å². The minimum atomic E-state index is -0.284. The number of fused-ring (bicyclic) bond motifs is 1. The van der Waals surface area contributed by atoms with Crippen molar-refractivity contribution in [3.05, 3.63) is 0 Å². The number of cyclic esters (lactones) is 2. The fourth-order valence-electron chi connectivity index (χ4n) is 2.61. The quantitative estimate of drug-likeness (QED) is 0.456. The molecule has 2 rings (SSSR count). The number of ether oxygens (including phenoxy) is 1. The Morgan fingerprint density at radius 3 is 2.77 bits per heavy atom. The van der Waals surface area contributed by atoms with Gasteiger partial charge in [-0.15, -0.1) is 0 Å². The van der Waals surface area contributed by atoms with Gasteiger partial charge in [-0.1, -0.05) is 19.8 Å². The summed E-state index contributed by atoms with van der Waals surface area (Å²) in [5.74, 6) is -0.426. The Kier molecular flexibility index (Phi) is 2.10. The van der Waals surface area contributed by atoms with Crippen LogP contribution in [0.15, 0.2) is 0 Å². The van der Waals surface area contributed by atoms with Gasteiger partial charge in [-0.05, 0) is 18.8 Å². The van der Waals surface area contributed by atoms with E-state index in [1.807, 2.05) is 0 Å². The van der Waals surface area contributed by atoms with Crippen LogP contribution in [-0.2, 0) is 14.3 Å². The summed E-state index contributed by atoms with van der Waals surface area (Å²) in [6.45, 7) is 2.07. The largest absolute Gasteiger partial charge is 0.393 e. The average Bonchev–Trinajstić information content (AvgIpc) is 2.43. The molecule has 2 aliphatic rings. The second-order valence-electron chi connectivity index (χ2n) is 3.97. The summed E-state index contributed by atoms with van der Waals surface area (Å²) < 4.78 is 4.66. The number of hydrogen-bond donors (Lipinski definition) is 0. The van der Waals surface area contributed by atoms with E-state index in [4.69, 9.17) is 0 Å². The van der Waals surface area contributed by atoms with Gasteiger partial charge >= 0.3 is 11.9 Å². The summed E-state index contributed by atoms with van der Waals surface area (Å²) in [7, 11) is 0. The van der Waals surface area contributed by atoms with Crippen molar-refractivity contribution in [2.45, 2.75) is 32.6 Å². The van der Waals surface area contributed by atoms with Gasteiger partial charge in [0.05, 0.1) is 11.8 Å². The molecule has 0 amide bonds. The Morgan fingerprint density at radius 1 is 1.31 bits per heavy atom. The van der Waals surface area contributed by atoms with Crippen LogP contribution >= 0.6 is 0 Å². The van der Waals surface area contributed by atoms with Crippen molar-refractivity contribution >= 4 is 11.9 Å². The molecule has 0 aromatic carbocycles. The highest BCUT2D eigenvalue weighted by Crippen LogP contribution is 2.41. The summed E-state index contributed by atoms with van der Waals surface area (Å²) in [4.78, 5) is 22.6. The van der Waals surface area contributed by atoms with Gasteiger partial charge in [0, 0.05) is 0 Å². The van der Waals surface area contributed by atoms with E-state index in [2.05, 4.69) is 11.7 Å². The zero-order valence-electron chi connectivity index (χ0n) is 7.79. The van der Waals surface area contributed by atoms with Crippen LogP contribution in [0.4, 0.5) is 0 Å². The number of esters is 2. The van der Waals surface area contributed by atoms with Gasteiger partial charge < -0.3 is 4.74 Å². The first-order chi connectivity index (χ1) is 6.24. The molecular formula is C10H14O3. The molecule has 0 spiro atoms. The maximum absolute atomic E-state index is 11.3. The molecule has 3 heteroatoms. The first kappa shape index (κ1) is 8.73. The molecule has 3 atom stereocenters. The molecule has 1 saturated carbocycles. The molecule has 1 heterocycles. The summed E-state index contributed by atoms with van der Waals surface area (Å²) in [5.41, 5.74) is 0. The van der Waals surface area contributed by atoms with E-state index >= 15 is 0 Å². The Balaban J connectivity index is 2.21. The number of hydrogen-bond acceptors (Lipinski definition) is 3. The molecule has 1 saturated heterocycles. The lowest BCUT2D eigenvalue weighted by Gasteiger charge is -2.27. The van der Waals surface area contributed by atoms with E-state index in [0.717, 1.165) is 25.7 Å². The van der Waals surface area contributed by atoms with Crippen molar-refractivity contribution < 1.29 is 14.3 Å². The van der Waals surface area contributed by atoms with Gasteiger partial charge in [-0.3, -0.25) is 9.59 Å². The first-order valence-electron chi connectivity index (χ1n) is 4.99. The van der Waals surface area contributed by atoms with E-state index in [-0.39, 0.29) is 23.8 Å². The summed E-state index contributed by atoms with van der Waals surface area (Å²) in [5, 5.41) is 0. The van der Waals surface area contributed by atoms with E-state index < -0.39 is 0 Å². The van der Waals surface area contributed by atoms with Crippen LogP contribution in [0.2, 0.25) is 0 Å². The van der Waals surface area contributed by atoms with Crippen molar-refractivity contribution in [2.24, 2.45) is 17.8 Å². The maximum Gasteiger partial charge on any atom is 0.317 e. The number of carbonyl (C=O) groups excluding carboxylic acids is 2. The molecule has 1 aliphatic carbocycles. The summed E-state index contributed by atoms with van der Waals surface area (Å²) >= 11 is 0. The molecule has 3 unspecified atom stereocenters. The second-order valence-corrected chi connectivity index (χ2v) is 3.97. The summed E-state index contributed by atoms with van der Waals surface area (Å²) in [6.07, 6.45) is 3.94. The third-order valence-corrected chi connectivity index (χ3v) is 3.33. The van der Waals surface area contributed by atoms with Crippen LogP contribution in [0, 0.1) is 17.8 Å². The van der Waals surface area contributed by atoms with Gasteiger partial charge in [-0.25, -0.2) is 0 Å². The highest BCUT2D eigenvalue weighted by Gasteiger charge is 2.49. The van der Waals surface area contributed by atoms with Crippen LogP contribution in [0.3, 0.4) is 0 Å². The van der Waals surface area contributed by atoms with Crippen LogP contribution in [0.1, 0.15) is 32.6 Å². The van der Waals surface area contributed by atoms with Crippen molar-refractivity contribution in [2.75, 3.05) is 0 Å². The van der Waals surface area contributed by atoms with E-state index in [1.165, 1.54) is 0 Å². The lowest BCUT2D eigenvalue weighted by molar-refractivity contribution is -0.154. The zero-order valence-corrected chi connectivity index (χ0v) is 7.79. The summed E-state index contributed by atoms with van der Waals surface area (Å²) in [6, 6.07) is 0. The van der Waals surface area contributed by atoms with Gasteiger partial charge in [-0.2, -0.15) is 0 Å². The topological polar surface area (TPSA) is 43.4 Å². The molecular weight excluding hydrogens is 168 g/mol. The number of carbonyl (C=O) groups is 2. The van der Waals surface area contributed by atoms with Crippen molar-refractivity contribution in [1.29, 1.82) is 0 Å². The average molecular weight is 182 g/mol. The van der Waals surface area contributed by atoms with Crippen LogP contribution in [0.5, 0.6) is 0 Å². The zero-order chi connectivity index (χ0) is 9.42. The Bertz CT molecular complexity index is 247. The molecule has 3 nitrogen and oxygen atoms in total. The van der Waals surface area contributed by atoms with E-state index in [9.17, 15) is 9.59 Å². The predicted octanol–water partition coefficient (Wildman–Crippen LogP) is 1.51. The lowest BCUT2D eigenvalue weighted by atomic mass is 9.72. The third kappa shape index (κ3) is 1.26. The van der Waals surface area contributed by atoms with Crippen molar-refractivity contribution in [1.82, 2.24) is 0 Å². The van der Waals surface area contributed by atoms with E-state index in [1.54, 1.807) is 0 Å². The molecule has 72 valence electrons. The molecule has 0 bridgehead atoms. The fraction of sp³-hybridized carbons (Fsp3) is 0.800. The lowest BCUT2D eigenvalue weighted by Crippen LogP contribution is -2.30. The maximum atomic E-state index is 11.3. The van der Waals surface area contributed by atoms with Crippen molar-refractivity contribution in [3.8, 4) is 0 Å². The third-order valence-electron chi connectivity index (χ3n) is 3.33. The standard InChI is InChI=1S/C10H14O3/c1-2-6-4-3-5-7-8(6)10(12)13-9(7)11/h6-8H,2-5H2,1H3. The molecule has 1 aliphatic heterocycles. The van der Waals surface area contributed by atoms with Gasteiger partial charge in [0.15, 0.2) is 0 Å². The second kappa shape index (κ2) is 3.13. The Hall–Kier alpha value is -0.860. The fourth-order valence-corrected chi connectivity index (χ4v) is 2.61. The highest BCUT2D eigenvalue weighted by molar-refractivity contribution is 5.96. The monoisotopic (exact) mass is 182 g/mol. The molecule has 0 N–H and O–H groups in total. The predicted molar refractivity (Wildman–Crippen MR) is 45.7 cm³/mol. The normalized spacial score (nSPS) is 38.7. The van der Waals surface area contributed by atoms with Crippen molar-refractivity contribution in [3.63, 3.8) is 0 Å².